The number of nitrogens with two attached hydrogens (primary N) is 1. The second-order valence-electron chi connectivity index (χ2n) is 4.09. The summed E-state index contributed by atoms with van der Waals surface area (Å²) < 4.78 is 1.96. The van der Waals surface area contributed by atoms with Crippen LogP contribution in [0.4, 0.5) is 0 Å². The summed E-state index contributed by atoms with van der Waals surface area (Å²) in [6.45, 7) is 8.00. The minimum Gasteiger partial charge on any atom is -0.329 e. The number of hydrogen-bond acceptors (Lipinski definition) is 3. The van der Waals surface area contributed by atoms with Crippen LogP contribution in [-0.4, -0.2) is 22.9 Å². The van der Waals surface area contributed by atoms with Crippen molar-refractivity contribution in [1.29, 1.82) is 0 Å². The fourth-order valence-electron chi connectivity index (χ4n) is 1.47. The van der Waals surface area contributed by atoms with Gasteiger partial charge < -0.3 is 11.1 Å². The molecular formula is C11H22N4. The van der Waals surface area contributed by atoms with E-state index in [2.05, 4.69) is 37.4 Å². The van der Waals surface area contributed by atoms with Gasteiger partial charge in [0, 0.05) is 30.4 Å². The summed E-state index contributed by atoms with van der Waals surface area (Å²) in [6.07, 6.45) is 5.10. The van der Waals surface area contributed by atoms with Crippen molar-refractivity contribution in [1.82, 2.24) is 15.1 Å². The molecule has 1 unspecified atom stereocenters. The summed E-state index contributed by atoms with van der Waals surface area (Å²) in [6, 6.07) is 0.640. The highest BCUT2D eigenvalue weighted by atomic mass is 15.3. The van der Waals surface area contributed by atoms with Crippen LogP contribution in [-0.2, 0) is 0 Å². The van der Waals surface area contributed by atoms with Crippen LogP contribution < -0.4 is 11.1 Å². The quantitative estimate of drug-likeness (QED) is 0.747. The Kier molecular flexibility index (Phi) is 4.78. The molecule has 0 aliphatic carbocycles. The lowest BCUT2D eigenvalue weighted by Crippen LogP contribution is -2.28. The van der Waals surface area contributed by atoms with Crippen molar-refractivity contribution in [2.75, 3.05) is 13.1 Å². The van der Waals surface area contributed by atoms with Gasteiger partial charge in [-0.2, -0.15) is 5.10 Å². The van der Waals surface area contributed by atoms with Crippen LogP contribution in [0.25, 0.3) is 0 Å². The van der Waals surface area contributed by atoms with E-state index in [1.807, 2.05) is 10.9 Å². The molecule has 0 saturated carbocycles. The molecule has 0 radical (unpaired) electrons. The largest absolute Gasteiger partial charge is 0.329 e. The van der Waals surface area contributed by atoms with E-state index in [1.165, 1.54) is 5.56 Å². The van der Waals surface area contributed by atoms with Crippen molar-refractivity contribution in [3.05, 3.63) is 18.0 Å². The topological polar surface area (TPSA) is 55.9 Å². The van der Waals surface area contributed by atoms with Crippen molar-refractivity contribution in [3.63, 3.8) is 0 Å². The highest BCUT2D eigenvalue weighted by Crippen LogP contribution is 2.13. The predicted octanol–water partition coefficient (Wildman–Crippen LogP) is 1.46. The molecule has 0 aliphatic rings. The zero-order chi connectivity index (χ0) is 11.3. The standard InChI is InChI=1S/C11H22N4/c1-4-5-13-11(6-12)10-7-14-15(8-10)9(2)3/h7-9,11,13H,4-6,12H2,1-3H3. The smallest absolute Gasteiger partial charge is 0.0538 e. The maximum Gasteiger partial charge on any atom is 0.0538 e. The fraction of sp³-hybridized carbons (Fsp3) is 0.727. The van der Waals surface area contributed by atoms with Gasteiger partial charge in [0.05, 0.1) is 6.20 Å². The summed E-state index contributed by atoms with van der Waals surface area (Å²) in [5.41, 5.74) is 6.91. The van der Waals surface area contributed by atoms with E-state index in [4.69, 9.17) is 5.73 Å². The van der Waals surface area contributed by atoms with E-state index >= 15 is 0 Å². The normalized spacial score (nSPS) is 13.4. The molecule has 0 aromatic carbocycles. The molecule has 0 spiro atoms. The summed E-state index contributed by atoms with van der Waals surface area (Å²) in [7, 11) is 0. The van der Waals surface area contributed by atoms with Gasteiger partial charge >= 0.3 is 0 Å². The van der Waals surface area contributed by atoms with E-state index in [0.717, 1.165) is 13.0 Å². The summed E-state index contributed by atoms with van der Waals surface area (Å²) in [5, 5.41) is 7.72. The number of aromatic nitrogens is 2. The molecule has 0 amide bonds. The van der Waals surface area contributed by atoms with E-state index in [0.29, 0.717) is 12.6 Å². The highest BCUT2D eigenvalue weighted by molar-refractivity contribution is 5.11. The SMILES string of the molecule is CCCNC(CN)c1cnn(C(C)C)c1. The molecule has 0 fully saturated rings. The highest BCUT2D eigenvalue weighted by Gasteiger charge is 2.11. The van der Waals surface area contributed by atoms with Gasteiger partial charge in [-0.05, 0) is 26.8 Å². The van der Waals surface area contributed by atoms with Gasteiger partial charge in [0.25, 0.3) is 0 Å². The Bertz CT molecular complexity index is 280. The van der Waals surface area contributed by atoms with Crippen LogP contribution in [0.2, 0.25) is 0 Å². The second-order valence-corrected chi connectivity index (χ2v) is 4.09. The summed E-state index contributed by atoms with van der Waals surface area (Å²) in [5.74, 6) is 0. The third kappa shape index (κ3) is 3.32. The van der Waals surface area contributed by atoms with Crippen LogP contribution in [0.3, 0.4) is 0 Å². The third-order valence-electron chi connectivity index (χ3n) is 2.43. The van der Waals surface area contributed by atoms with Crippen molar-refractivity contribution in [2.45, 2.75) is 39.3 Å². The minimum absolute atomic E-state index is 0.234. The molecule has 1 atom stereocenters. The first-order valence-corrected chi connectivity index (χ1v) is 5.66. The molecule has 1 aromatic heterocycles. The first kappa shape index (κ1) is 12.2. The average Bonchev–Trinajstić information content (AvgIpc) is 2.68. The van der Waals surface area contributed by atoms with Crippen LogP contribution in [0.1, 0.15) is 44.8 Å². The van der Waals surface area contributed by atoms with Crippen molar-refractivity contribution < 1.29 is 0 Å². The van der Waals surface area contributed by atoms with Gasteiger partial charge in [0.1, 0.15) is 0 Å². The van der Waals surface area contributed by atoms with Crippen LogP contribution in [0, 0.1) is 0 Å². The maximum absolute atomic E-state index is 5.73. The Hall–Kier alpha value is -0.870. The molecule has 1 aromatic rings. The average molecular weight is 210 g/mol. The molecule has 0 saturated heterocycles. The van der Waals surface area contributed by atoms with E-state index in [1.54, 1.807) is 0 Å². The van der Waals surface area contributed by atoms with E-state index < -0.39 is 0 Å². The second kappa shape index (κ2) is 5.88. The minimum atomic E-state index is 0.234. The number of hydrogen-bond donors (Lipinski definition) is 2. The first-order chi connectivity index (χ1) is 7.19. The van der Waals surface area contributed by atoms with Crippen molar-refractivity contribution in [3.8, 4) is 0 Å². The van der Waals surface area contributed by atoms with E-state index in [9.17, 15) is 0 Å². The number of nitrogens with zero attached hydrogens (tertiary/aromatic N) is 2. The predicted molar refractivity (Wildman–Crippen MR) is 62.7 cm³/mol. The number of rotatable bonds is 6. The summed E-state index contributed by atoms with van der Waals surface area (Å²) >= 11 is 0. The van der Waals surface area contributed by atoms with Crippen molar-refractivity contribution in [2.24, 2.45) is 5.73 Å². The van der Waals surface area contributed by atoms with Gasteiger partial charge in [-0.1, -0.05) is 6.92 Å². The lowest BCUT2D eigenvalue weighted by Gasteiger charge is -2.14. The Morgan fingerprint density at radius 3 is 2.73 bits per heavy atom. The zero-order valence-electron chi connectivity index (χ0n) is 9.90. The van der Waals surface area contributed by atoms with Gasteiger partial charge in [-0.25, -0.2) is 0 Å². The van der Waals surface area contributed by atoms with Gasteiger partial charge in [0.15, 0.2) is 0 Å². The van der Waals surface area contributed by atoms with Gasteiger partial charge in [-0.3, -0.25) is 4.68 Å². The Morgan fingerprint density at radius 2 is 2.27 bits per heavy atom. The van der Waals surface area contributed by atoms with Gasteiger partial charge in [-0.15, -0.1) is 0 Å². The molecular weight excluding hydrogens is 188 g/mol. The molecule has 1 rings (SSSR count). The molecule has 15 heavy (non-hydrogen) atoms. The Balaban J connectivity index is 2.65. The van der Waals surface area contributed by atoms with Gasteiger partial charge in [0.2, 0.25) is 0 Å². The maximum atomic E-state index is 5.73. The van der Waals surface area contributed by atoms with Crippen molar-refractivity contribution >= 4 is 0 Å². The molecule has 3 N–H and O–H groups in total. The monoisotopic (exact) mass is 210 g/mol. The molecule has 4 heteroatoms. The molecule has 0 aliphatic heterocycles. The van der Waals surface area contributed by atoms with Crippen LogP contribution >= 0.6 is 0 Å². The Morgan fingerprint density at radius 1 is 1.53 bits per heavy atom. The molecule has 0 bridgehead atoms. The zero-order valence-corrected chi connectivity index (χ0v) is 9.90. The summed E-state index contributed by atoms with van der Waals surface area (Å²) in [4.78, 5) is 0. The molecule has 4 nitrogen and oxygen atoms in total. The lowest BCUT2D eigenvalue weighted by molar-refractivity contribution is 0.523. The first-order valence-electron chi connectivity index (χ1n) is 5.66. The van der Waals surface area contributed by atoms with E-state index in [-0.39, 0.29) is 6.04 Å². The lowest BCUT2D eigenvalue weighted by atomic mass is 10.1. The fourth-order valence-corrected chi connectivity index (χ4v) is 1.47. The number of nitrogens with one attached hydrogen (secondary N) is 1. The Labute approximate surface area is 91.8 Å². The van der Waals surface area contributed by atoms with Crippen LogP contribution in [0.15, 0.2) is 12.4 Å². The molecule has 86 valence electrons. The third-order valence-corrected chi connectivity index (χ3v) is 2.43. The molecule has 1 heterocycles. The van der Waals surface area contributed by atoms with Crippen LogP contribution in [0.5, 0.6) is 0 Å².